The Balaban J connectivity index is 1.68. The summed E-state index contributed by atoms with van der Waals surface area (Å²) in [6.45, 7) is 5.63. The number of aromatic nitrogens is 2. The van der Waals surface area contributed by atoms with Crippen molar-refractivity contribution in [3.8, 4) is 17.0 Å². The van der Waals surface area contributed by atoms with Gasteiger partial charge < -0.3 is 31.2 Å². The zero-order chi connectivity index (χ0) is 30.6. The van der Waals surface area contributed by atoms with Crippen molar-refractivity contribution in [1.29, 1.82) is 0 Å². The molecule has 4 aromatic rings. The standard InChI is InChI=1S/C32H35N5O5/c1-18-12-23(29(34)38)13-19(2)24(18)15-26(33)31(39)37(17-21-10-11-28(42-4)25(14-21)32(40)41)20(3)30-35-16-27(36-30)22-8-6-5-7-9-22/h5-14,16,20,26H,15,17,33H2,1-4H3,(H2,34,38)(H,35,36)(H,40,41)/t20-,26+/m1/s1. The van der Waals surface area contributed by atoms with Gasteiger partial charge in [0.25, 0.3) is 0 Å². The van der Waals surface area contributed by atoms with E-state index in [9.17, 15) is 19.5 Å². The van der Waals surface area contributed by atoms with E-state index >= 15 is 0 Å². The number of imidazole rings is 1. The predicted molar refractivity (Wildman–Crippen MR) is 159 cm³/mol. The Morgan fingerprint density at radius 1 is 1.05 bits per heavy atom. The van der Waals surface area contributed by atoms with Gasteiger partial charge in [0.15, 0.2) is 0 Å². The highest BCUT2D eigenvalue weighted by Gasteiger charge is 2.29. The van der Waals surface area contributed by atoms with E-state index in [-0.39, 0.29) is 30.2 Å². The molecular weight excluding hydrogens is 534 g/mol. The lowest BCUT2D eigenvalue weighted by Crippen LogP contribution is -2.46. The monoisotopic (exact) mass is 569 g/mol. The maximum atomic E-state index is 14.0. The van der Waals surface area contributed by atoms with Crippen LogP contribution in [0.25, 0.3) is 11.3 Å². The van der Waals surface area contributed by atoms with Crippen LogP contribution in [0.15, 0.2) is 66.9 Å². The second kappa shape index (κ2) is 12.7. The molecule has 0 saturated heterocycles. The number of nitrogens with zero attached hydrogens (tertiary/aromatic N) is 2. The minimum absolute atomic E-state index is 0.00972. The van der Waals surface area contributed by atoms with Gasteiger partial charge in [0.1, 0.15) is 17.1 Å². The highest BCUT2D eigenvalue weighted by atomic mass is 16.5. The smallest absolute Gasteiger partial charge is 0.339 e. The van der Waals surface area contributed by atoms with Crippen molar-refractivity contribution in [3.63, 3.8) is 0 Å². The Hall–Kier alpha value is -4.96. The molecule has 1 aromatic heterocycles. The van der Waals surface area contributed by atoms with Crippen LogP contribution in [0.3, 0.4) is 0 Å². The SMILES string of the molecule is COc1ccc(CN(C(=O)[C@@H](N)Cc2c(C)cc(C(N)=O)cc2C)[C@H](C)c2ncc(-c3ccccc3)[nH]2)cc1C(=O)O. The number of aromatic amines is 1. The summed E-state index contributed by atoms with van der Waals surface area (Å²) in [4.78, 5) is 47.1. The first-order valence-electron chi connectivity index (χ1n) is 13.5. The molecule has 0 aliphatic rings. The average molecular weight is 570 g/mol. The second-order valence-electron chi connectivity index (χ2n) is 10.3. The molecule has 0 aliphatic carbocycles. The largest absolute Gasteiger partial charge is 0.496 e. The number of nitrogens with one attached hydrogen (secondary N) is 1. The van der Waals surface area contributed by atoms with Crippen molar-refractivity contribution in [3.05, 3.63) is 106 Å². The van der Waals surface area contributed by atoms with Gasteiger partial charge in [-0.2, -0.15) is 0 Å². The van der Waals surface area contributed by atoms with Gasteiger partial charge in [-0.1, -0.05) is 36.4 Å². The van der Waals surface area contributed by atoms with Crippen LogP contribution in [0, 0.1) is 13.8 Å². The number of carbonyl (C=O) groups excluding carboxylic acids is 2. The number of amides is 2. The number of aryl methyl sites for hydroxylation is 2. The summed E-state index contributed by atoms with van der Waals surface area (Å²) in [5, 5.41) is 9.70. The Morgan fingerprint density at radius 2 is 1.71 bits per heavy atom. The number of rotatable bonds is 11. The van der Waals surface area contributed by atoms with Gasteiger partial charge in [0.2, 0.25) is 11.8 Å². The van der Waals surface area contributed by atoms with Crippen molar-refractivity contribution in [2.45, 2.75) is 45.8 Å². The number of carboxylic acids is 1. The van der Waals surface area contributed by atoms with Gasteiger partial charge in [-0.25, -0.2) is 9.78 Å². The number of primary amides is 1. The molecule has 0 saturated carbocycles. The molecule has 2 atom stereocenters. The number of benzene rings is 3. The molecule has 0 radical (unpaired) electrons. The third-order valence-electron chi connectivity index (χ3n) is 7.40. The molecule has 0 fully saturated rings. The molecule has 218 valence electrons. The van der Waals surface area contributed by atoms with Gasteiger partial charge in [0, 0.05) is 12.1 Å². The van der Waals surface area contributed by atoms with Crippen LogP contribution in [0.2, 0.25) is 0 Å². The fourth-order valence-electron chi connectivity index (χ4n) is 5.06. The second-order valence-corrected chi connectivity index (χ2v) is 10.3. The summed E-state index contributed by atoms with van der Waals surface area (Å²) < 4.78 is 5.20. The quantitative estimate of drug-likeness (QED) is 0.211. The molecule has 0 unspecified atom stereocenters. The molecule has 10 heteroatoms. The van der Waals surface area contributed by atoms with E-state index < -0.39 is 24.0 Å². The van der Waals surface area contributed by atoms with E-state index in [1.54, 1.807) is 35.4 Å². The normalized spacial score (nSPS) is 12.4. The molecule has 1 heterocycles. The molecule has 0 bridgehead atoms. The number of methoxy groups -OCH3 is 1. The van der Waals surface area contributed by atoms with Gasteiger partial charge in [-0.05, 0) is 79.3 Å². The van der Waals surface area contributed by atoms with Crippen LogP contribution >= 0.6 is 0 Å². The number of H-pyrrole nitrogens is 1. The lowest BCUT2D eigenvalue weighted by atomic mass is 9.93. The van der Waals surface area contributed by atoms with E-state index in [2.05, 4.69) is 9.97 Å². The van der Waals surface area contributed by atoms with E-state index in [1.807, 2.05) is 51.1 Å². The number of aromatic carboxylic acids is 1. The highest BCUT2D eigenvalue weighted by Crippen LogP contribution is 2.28. The third-order valence-corrected chi connectivity index (χ3v) is 7.40. The first-order chi connectivity index (χ1) is 20.0. The summed E-state index contributed by atoms with van der Waals surface area (Å²) in [5.41, 5.74) is 17.2. The number of carboxylic acid groups (broad SMARTS) is 1. The number of hydrogen-bond acceptors (Lipinski definition) is 6. The summed E-state index contributed by atoms with van der Waals surface area (Å²) in [6, 6.07) is 16.4. The fraction of sp³-hybridized carbons (Fsp3) is 0.250. The Bertz CT molecular complexity index is 1590. The van der Waals surface area contributed by atoms with E-state index in [4.69, 9.17) is 16.2 Å². The van der Waals surface area contributed by atoms with Gasteiger partial charge in [-0.15, -0.1) is 0 Å². The molecule has 4 rings (SSSR count). The Morgan fingerprint density at radius 3 is 2.31 bits per heavy atom. The minimum atomic E-state index is -1.14. The van der Waals surface area contributed by atoms with Crippen molar-refractivity contribution in [2.24, 2.45) is 11.5 Å². The van der Waals surface area contributed by atoms with E-state index in [0.29, 0.717) is 17.0 Å². The average Bonchev–Trinajstić information content (AvgIpc) is 3.47. The van der Waals surface area contributed by atoms with Crippen molar-refractivity contribution >= 4 is 17.8 Å². The van der Waals surface area contributed by atoms with Crippen LogP contribution < -0.4 is 16.2 Å². The van der Waals surface area contributed by atoms with Gasteiger partial charge in [-0.3, -0.25) is 9.59 Å². The molecule has 10 nitrogen and oxygen atoms in total. The topological polar surface area (TPSA) is 165 Å². The van der Waals surface area contributed by atoms with Crippen LogP contribution in [-0.4, -0.2) is 50.9 Å². The zero-order valence-corrected chi connectivity index (χ0v) is 24.0. The molecule has 0 spiro atoms. The molecule has 0 aliphatic heterocycles. The van der Waals surface area contributed by atoms with Crippen LogP contribution in [0.5, 0.6) is 5.75 Å². The summed E-state index contributed by atoms with van der Waals surface area (Å²) in [6.07, 6.45) is 1.95. The van der Waals surface area contributed by atoms with Gasteiger partial charge >= 0.3 is 5.97 Å². The molecule has 2 amide bonds. The number of ether oxygens (including phenoxy) is 1. The lowest BCUT2D eigenvalue weighted by molar-refractivity contribution is -0.135. The van der Waals surface area contributed by atoms with Crippen LogP contribution in [0.4, 0.5) is 0 Å². The highest BCUT2D eigenvalue weighted by molar-refractivity contribution is 5.93. The van der Waals surface area contributed by atoms with Gasteiger partial charge in [0.05, 0.1) is 31.1 Å². The van der Waals surface area contributed by atoms with Crippen molar-refractivity contribution in [2.75, 3.05) is 7.11 Å². The van der Waals surface area contributed by atoms with Crippen molar-refractivity contribution < 1.29 is 24.2 Å². The van der Waals surface area contributed by atoms with E-state index in [1.165, 1.54) is 13.2 Å². The van der Waals surface area contributed by atoms with Crippen LogP contribution in [-0.2, 0) is 17.8 Å². The summed E-state index contributed by atoms with van der Waals surface area (Å²) >= 11 is 0. The maximum absolute atomic E-state index is 14.0. The van der Waals surface area contributed by atoms with Crippen molar-refractivity contribution in [1.82, 2.24) is 14.9 Å². The Kier molecular flexibility index (Phi) is 9.07. The summed E-state index contributed by atoms with van der Waals surface area (Å²) in [7, 11) is 1.40. The third kappa shape index (κ3) is 6.50. The number of carbonyl (C=O) groups is 3. The lowest BCUT2D eigenvalue weighted by Gasteiger charge is -2.31. The number of hydrogen-bond donors (Lipinski definition) is 4. The fourth-order valence-corrected chi connectivity index (χ4v) is 5.06. The Labute approximate surface area is 244 Å². The van der Waals surface area contributed by atoms with E-state index in [0.717, 1.165) is 27.9 Å². The maximum Gasteiger partial charge on any atom is 0.339 e. The predicted octanol–water partition coefficient (Wildman–Crippen LogP) is 4.16. The minimum Gasteiger partial charge on any atom is -0.496 e. The first kappa shape index (κ1) is 30.0. The molecule has 6 N–H and O–H groups in total. The molecule has 42 heavy (non-hydrogen) atoms. The number of nitrogens with two attached hydrogens (primary N) is 2. The molecule has 3 aromatic carbocycles. The summed E-state index contributed by atoms with van der Waals surface area (Å²) in [5.74, 6) is -1.23. The first-order valence-corrected chi connectivity index (χ1v) is 13.5. The van der Waals surface area contributed by atoms with Crippen LogP contribution in [0.1, 0.15) is 61.8 Å². The zero-order valence-electron chi connectivity index (χ0n) is 24.0. The molecular formula is C32H35N5O5.